The number of rotatable bonds is 2. The fraction of sp³-hybridized carbons (Fsp3) is 0.400. The first kappa shape index (κ1) is 8.51. The topological polar surface area (TPSA) is 29.5 Å². The fourth-order valence-electron chi connectivity index (χ4n) is 1.45. The second-order valence-electron chi connectivity index (χ2n) is 3.30. The van der Waals surface area contributed by atoms with Gasteiger partial charge in [-0.2, -0.15) is 0 Å². The quantitative estimate of drug-likeness (QED) is 0.754. The summed E-state index contributed by atoms with van der Waals surface area (Å²) in [5.41, 5.74) is 0.853. The molecule has 0 amide bonds. The zero-order valence-electron chi connectivity index (χ0n) is 7.33. The summed E-state index contributed by atoms with van der Waals surface area (Å²) in [6.07, 6.45) is 0.457. The van der Waals surface area contributed by atoms with Gasteiger partial charge in [0.05, 0.1) is 13.2 Å². The van der Waals surface area contributed by atoms with E-state index in [1.165, 1.54) is 13.2 Å². The molecule has 0 bridgehead atoms. The summed E-state index contributed by atoms with van der Waals surface area (Å²) in [4.78, 5) is 0. The Morgan fingerprint density at radius 3 is 2.69 bits per heavy atom. The van der Waals surface area contributed by atoms with Gasteiger partial charge in [-0.05, 0) is 24.1 Å². The lowest BCUT2D eigenvalue weighted by Gasteiger charge is -2.03. The minimum Gasteiger partial charge on any atom is -0.494 e. The summed E-state index contributed by atoms with van der Waals surface area (Å²) in [5, 5.41) is 9.14. The van der Waals surface area contributed by atoms with Gasteiger partial charge in [0.1, 0.15) is 0 Å². The van der Waals surface area contributed by atoms with Gasteiger partial charge in [0, 0.05) is 5.92 Å². The van der Waals surface area contributed by atoms with Crippen LogP contribution in [0.15, 0.2) is 18.2 Å². The van der Waals surface area contributed by atoms with Gasteiger partial charge in [0.2, 0.25) is 0 Å². The van der Waals surface area contributed by atoms with E-state index < -0.39 is 0 Å². The molecular formula is C10H11FO2. The van der Waals surface area contributed by atoms with Gasteiger partial charge >= 0.3 is 0 Å². The Labute approximate surface area is 76.0 Å². The van der Waals surface area contributed by atoms with Crippen molar-refractivity contribution in [3.8, 4) is 5.75 Å². The van der Waals surface area contributed by atoms with Crippen molar-refractivity contribution in [3.05, 3.63) is 29.6 Å². The molecule has 2 nitrogen and oxygen atoms in total. The van der Waals surface area contributed by atoms with E-state index in [1.54, 1.807) is 12.1 Å². The Kier molecular flexibility index (Phi) is 1.96. The van der Waals surface area contributed by atoms with Gasteiger partial charge in [0.25, 0.3) is 0 Å². The van der Waals surface area contributed by atoms with Crippen LogP contribution in [0.3, 0.4) is 0 Å². The predicted molar refractivity (Wildman–Crippen MR) is 46.3 cm³/mol. The van der Waals surface area contributed by atoms with Crippen LogP contribution in [0, 0.1) is 5.82 Å². The molecule has 1 aromatic carbocycles. The molecule has 0 aliphatic heterocycles. The molecular weight excluding hydrogens is 171 g/mol. The lowest BCUT2D eigenvalue weighted by atomic mass is 10.1. The van der Waals surface area contributed by atoms with Gasteiger partial charge in [-0.25, -0.2) is 4.39 Å². The molecule has 0 aromatic heterocycles. The zero-order chi connectivity index (χ0) is 9.42. The van der Waals surface area contributed by atoms with E-state index in [0.29, 0.717) is 0 Å². The highest BCUT2D eigenvalue weighted by Gasteiger charge is 2.36. The highest BCUT2D eigenvalue weighted by Crippen LogP contribution is 2.41. The van der Waals surface area contributed by atoms with E-state index in [4.69, 9.17) is 9.84 Å². The molecule has 1 aliphatic carbocycles. The smallest absolute Gasteiger partial charge is 0.165 e. The lowest BCUT2D eigenvalue weighted by Crippen LogP contribution is -1.91. The number of methoxy groups -OCH3 is 1. The van der Waals surface area contributed by atoms with Gasteiger partial charge in [0.15, 0.2) is 11.6 Å². The molecule has 0 heterocycles. The minimum atomic E-state index is -0.362. The Morgan fingerprint density at radius 1 is 1.54 bits per heavy atom. The third-order valence-corrected chi connectivity index (χ3v) is 2.36. The maximum atomic E-state index is 13.2. The number of ether oxygens (including phenoxy) is 1. The average molecular weight is 182 g/mol. The molecule has 0 saturated heterocycles. The summed E-state index contributed by atoms with van der Waals surface area (Å²) < 4.78 is 17.9. The lowest BCUT2D eigenvalue weighted by molar-refractivity contribution is 0.271. The molecule has 2 rings (SSSR count). The van der Waals surface area contributed by atoms with Crippen LogP contribution < -0.4 is 4.74 Å². The highest BCUT2D eigenvalue weighted by atomic mass is 19.1. The van der Waals surface area contributed by atoms with Gasteiger partial charge in [-0.1, -0.05) is 6.07 Å². The Bertz CT molecular complexity index is 325. The molecule has 13 heavy (non-hydrogen) atoms. The van der Waals surface area contributed by atoms with Crippen LogP contribution >= 0.6 is 0 Å². The molecule has 1 saturated carbocycles. The van der Waals surface area contributed by atoms with Crippen molar-refractivity contribution >= 4 is 0 Å². The molecule has 3 heteroatoms. The minimum absolute atomic E-state index is 0.125. The molecule has 1 aliphatic rings. The van der Waals surface area contributed by atoms with Crippen LogP contribution in [-0.4, -0.2) is 18.3 Å². The van der Waals surface area contributed by atoms with Gasteiger partial charge < -0.3 is 9.84 Å². The molecule has 2 unspecified atom stereocenters. The third-order valence-electron chi connectivity index (χ3n) is 2.36. The molecule has 0 spiro atoms. The summed E-state index contributed by atoms with van der Waals surface area (Å²) in [6, 6.07) is 4.82. The molecule has 2 atom stereocenters. The van der Waals surface area contributed by atoms with Crippen molar-refractivity contribution < 1.29 is 14.2 Å². The van der Waals surface area contributed by atoms with Crippen LogP contribution in [0.5, 0.6) is 5.75 Å². The summed E-state index contributed by atoms with van der Waals surface area (Å²) >= 11 is 0. The monoisotopic (exact) mass is 182 g/mol. The van der Waals surface area contributed by atoms with Gasteiger partial charge in [-0.15, -0.1) is 0 Å². The van der Waals surface area contributed by atoms with E-state index in [-0.39, 0.29) is 23.6 Å². The van der Waals surface area contributed by atoms with Crippen LogP contribution in [0.25, 0.3) is 0 Å². The summed E-state index contributed by atoms with van der Waals surface area (Å²) in [5.74, 6) is 0.0124. The largest absolute Gasteiger partial charge is 0.494 e. The average Bonchev–Trinajstić information content (AvgIpc) is 2.82. The number of halogens is 1. The van der Waals surface area contributed by atoms with Crippen molar-refractivity contribution in [2.75, 3.05) is 7.11 Å². The Balaban J connectivity index is 2.25. The number of hydrogen-bond donors (Lipinski definition) is 1. The van der Waals surface area contributed by atoms with E-state index in [0.717, 1.165) is 12.0 Å². The number of benzene rings is 1. The fourth-order valence-corrected chi connectivity index (χ4v) is 1.45. The first-order valence-electron chi connectivity index (χ1n) is 4.24. The van der Waals surface area contributed by atoms with Crippen molar-refractivity contribution in [3.63, 3.8) is 0 Å². The number of aliphatic hydroxyl groups is 1. The first-order chi connectivity index (χ1) is 6.22. The maximum Gasteiger partial charge on any atom is 0.165 e. The molecule has 1 aromatic rings. The molecule has 1 N–H and O–H groups in total. The normalized spacial score (nSPS) is 25.8. The third kappa shape index (κ3) is 1.52. The Morgan fingerprint density at radius 2 is 2.23 bits per heavy atom. The second kappa shape index (κ2) is 3.00. The van der Waals surface area contributed by atoms with Crippen LogP contribution in [0.2, 0.25) is 0 Å². The SMILES string of the molecule is COc1ccc(C2CC2O)cc1F. The second-order valence-corrected chi connectivity index (χ2v) is 3.30. The van der Waals surface area contributed by atoms with Crippen molar-refractivity contribution in [2.24, 2.45) is 0 Å². The van der Waals surface area contributed by atoms with E-state index in [9.17, 15) is 4.39 Å². The van der Waals surface area contributed by atoms with E-state index in [1.807, 2.05) is 0 Å². The highest BCUT2D eigenvalue weighted by molar-refractivity contribution is 5.34. The van der Waals surface area contributed by atoms with Crippen LogP contribution in [-0.2, 0) is 0 Å². The molecule has 70 valence electrons. The van der Waals surface area contributed by atoms with Crippen molar-refractivity contribution in [1.82, 2.24) is 0 Å². The zero-order valence-corrected chi connectivity index (χ0v) is 7.33. The van der Waals surface area contributed by atoms with Gasteiger partial charge in [-0.3, -0.25) is 0 Å². The molecule has 1 fully saturated rings. The Hall–Kier alpha value is -1.09. The van der Waals surface area contributed by atoms with Crippen LogP contribution in [0.1, 0.15) is 17.9 Å². The summed E-state index contributed by atoms with van der Waals surface area (Å²) in [6.45, 7) is 0. The summed E-state index contributed by atoms with van der Waals surface area (Å²) in [7, 11) is 1.43. The van der Waals surface area contributed by atoms with Crippen LogP contribution in [0.4, 0.5) is 4.39 Å². The number of hydrogen-bond acceptors (Lipinski definition) is 2. The van der Waals surface area contributed by atoms with Crippen molar-refractivity contribution in [1.29, 1.82) is 0 Å². The molecule has 0 radical (unpaired) electrons. The van der Waals surface area contributed by atoms with E-state index in [2.05, 4.69) is 0 Å². The number of aliphatic hydroxyl groups excluding tert-OH is 1. The van der Waals surface area contributed by atoms with E-state index >= 15 is 0 Å². The first-order valence-corrected chi connectivity index (χ1v) is 4.24. The maximum absolute atomic E-state index is 13.2. The van der Waals surface area contributed by atoms with Crippen molar-refractivity contribution in [2.45, 2.75) is 18.4 Å². The predicted octanol–water partition coefficient (Wildman–Crippen LogP) is 1.68. The standard InChI is InChI=1S/C10H11FO2/c1-13-10-3-2-6(4-8(10)11)7-5-9(7)12/h2-4,7,9,12H,5H2,1H3.